The topological polar surface area (TPSA) is 44.7 Å². The molecular formula is C20H25ClN2O2. The monoisotopic (exact) mass is 360 g/mol. The van der Waals surface area contributed by atoms with E-state index in [-0.39, 0.29) is 0 Å². The number of hydrogen-bond acceptors (Lipinski definition) is 4. The van der Waals surface area contributed by atoms with E-state index in [9.17, 15) is 5.11 Å². The lowest BCUT2D eigenvalue weighted by atomic mass is 9.92. The van der Waals surface area contributed by atoms with Gasteiger partial charge in [-0.3, -0.25) is 0 Å². The Morgan fingerprint density at radius 1 is 1.04 bits per heavy atom. The maximum Gasteiger partial charge on any atom is 0.127 e. The fraction of sp³-hybridized carbons (Fsp3) is 0.400. The van der Waals surface area contributed by atoms with E-state index < -0.39 is 5.60 Å². The first kappa shape index (κ1) is 18.2. The predicted octanol–water partition coefficient (Wildman–Crippen LogP) is 3.64. The number of piperazine rings is 1. The average Bonchev–Trinajstić information content (AvgIpc) is 2.63. The maximum atomic E-state index is 10.8. The van der Waals surface area contributed by atoms with Crippen LogP contribution in [0.3, 0.4) is 0 Å². The average molecular weight is 361 g/mol. The molecule has 0 radical (unpaired) electrons. The van der Waals surface area contributed by atoms with E-state index in [1.165, 1.54) is 0 Å². The summed E-state index contributed by atoms with van der Waals surface area (Å²) in [6.45, 7) is 6.92. The van der Waals surface area contributed by atoms with Crippen molar-refractivity contribution in [3.05, 3.63) is 59.1 Å². The quantitative estimate of drug-likeness (QED) is 0.825. The summed E-state index contributed by atoms with van der Waals surface area (Å²) in [4.78, 5) is 2.39. The molecule has 0 aliphatic carbocycles. The molecule has 4 nitrogen and oxygen atoms in total. The molecule has 1 unspecified atom stereocenters. The second kappa shape index (κ2) is 8.19. The highest BCUT2D eigenvalue weighted by atomic mass is 35.5. The molecule has 2 aromatic rings. The van der Waals surface area contributed by atoms with Crippen LogP contribution in [0.1, 0.15) is 18.9 Å². The zero-order chi connectivity index (χ0) is 17.7. The molecule has 0 aromatic heterocycles. The minimum absolute atomic E-state index is 0.684. The Hall–Kier alpha value is -1.59. The highest BCUT2D eigenvalue weighted by Crippen LogP contribution is 2.29. The Labute approximate surface area is 154 Å². The van der Waals surface area contributed by atoms with Crippen LogP contribution in [0.25, 0.3) is 0 Å². The Bertz CT molecular complexity index is 665. The van der Waals surface area contributed by atoms with Crippen LogP contribution in [-0.2, 0) is 5.60 Å². The molecule has 5 heteroatoms. The molecule has 1 atom stereocenters. The normalized spacial score (nSPS) is 17.9. The molecule has 0 bridgehead atoms. The second-order valence-corrected chi connectivity index (χ2v) is 7.13. The molecule has 1 heterocycles. The fourth-order valence-corrected chi connectivity index (χ4v) is 3.10. The molecule has 0 saturated carbocycles. The van der Waals surface area contributed by atoms with Crippen LogP contribution in [0.15, 0.2) is 48.5 Å². The van der Waals surface area contributed by atoms with E-state index in [4.69, 9.17) is 16.3 Å². The van der Waals surface area contributed by atoms with Crippen molar-refractivity contribution in [2.75, 3.05) is 32.7 Å². The van der Waals surface area contributed by atoms with Gasteiger partial charge in [-0.15, -0.1) is 0 Å². The van der Waals surface area contributed by atoms with Crippen LogP contribution in [0, 0.1) is 0 Å². The number of rotatable bonds is 6. The van der Waals surface area contributed by atoms with Crippen LogP contribution >= 0.6 is 11.6 Å². The van der Waals surface area contributed by atoms with Gasteiger partial charge in [0.1, 0.15) is 11.5 Å². The van der Waals surface area contributed by atoms with Crippen molar-refractivity contribution >= 4 is 11.6 Å². The number of benzene rings is 2. The van der Waals surface area contributed by atoms with Crippen LogP contribution in [-0.4, -0.2) is 42.7 Å². The molecule has 1 aliphatic rings. The first-order valence-electron chi connectivity index (χ1n) is 8.72. The van der Waals surface area contributed by atoms with Gasteiger partial charge in [0.25, 0.3) is 0 Å². The van der Waals surface area contributed by atoms with Gasteiger partial charge in [0.15, 0.2) is 0 Å². The minimum atomic E-state index is -0.844. The van der Waals surface area contributed by atoms with Gasteiger partial charge in [0.05, 0.1) is 5.60 Å². The number of aliphatic hydroxyl groups is 1. The molecule has 0 amide bonds. The van der Waals surface area contributed by atoms with Gasteiger partial charge in [-0.1, -0.05) is 23.7 Å². The SMILES string of the molecule is CC(O)(CCN1CCNCC1)c1ccc(Oc2ccc(Cl)cc2)cc1. The van der Waals surface area contributed by atoms with Gasteiger partial charge in [0, 0.05) is 37.7 Å². The summed E-state index contributed by atoms with van der Waals surface area (Å²) in [5, 5.41) is 14.9. The molecule has 2 aromatic carbocycles. The fourth-order valence-electron chi connectivity index (χ4n) is 2.98. The summed E-state index contributed by atoms with van der Waals surface area (Å²) in [7, 11) is 0. The standard InChI is InChI=1S/C20H25ClN2O2/c1-20(24,10-13-23-14-11-22-12-15-23)16-2-6-18(7-3-16)25-19-8-4-17(21)5-9-19/h2-9,22,24H,10-15H2,1H3. The summed E-state index contributed by atoms with van der Waals surface area (Å²) in [5.41, 5.74) is 0.0648. The van der Waals surface area contributed by atoms with E-state index in [1.807, 2.05) is 43.3 Å². The highest BCUT2D eigenvalue weighted by molar-refractivity contribution is 6.30. The van der Waals surface area contributed by atoms with Crippen LogP contribution in [0.5, 0.6) is 11.5 Å². The van der Waals surface area contributed by atoms with Crippen molar-refractivity contribution in [2.45, 2.75) is 18.9 Å². The van der Waals surface area contributed by atoms with Crippen molar-refractivity contribution in [3.63, 3.8) is 0 Å². The largest absolute Gasteiger partial charge is 0.457 e. The molecule has 3 rings (SSSR count). The van der Waals surface area contributed by atoms with E-state index >= 15 is 0 Å². The minimum Gasteiger partial charge on any atom is -0.457 e. The first-order valence-corrected chi connectivity index (χ1v) is 9.10. The summed E-state index contributed by atoms with van der Waals surface area (Å²) in [6.07, 6.45) is 0.713. The van der Waals surface area contributed by atoms with Gasteiger partial charge in [0.2, 0.25) is 0 Å². The van der Waals surface area contributed by atoms with Crippen LogP contribution < -0.4 is 10.1 Å². The zero-order valence-corrected chi connectivity index (χ0v) is 15.3. The lowest BCUT2D eigenvalue weighted by molar-refractivity contribution is 0.0345. The Kier molecular flexibility index (Phi) is 5.97. The van der Waals surface area contributed by atoms with Crippen LogP contribution in [0.2, 0.25) is 5.02 Å². The maximum absolute atomic E-state index is 10.8. The van der Waals surface area contributed by atoms with Gasteiger partial charge in [-0.25, -0.2) is 0 Å². The van der Waals surface area contributed by atoms with Crippen molar-refractivity contribution < 1.29 is 9.84 Å². The molecule has 25 heavy (non-hydrogen) atoms. The van der Waals surface area contributed by atoms with Crippen molar-refractivity contribution in [2.24, 2.45) is 0 Å². The molecule has 134 valence electrons. The van der Waals surface area contributed by atoms with Crippen molar-refractivity contribution in [1.82, 2.24) is 10.2 Å². The predicted molar refractivity (Wildman–Crippen MR) is 101 cm³/mol. The van der Waals surface area contributed by atoms with Gasteiger partial charge in [-0.2, -0.15) is 0 Å². The lowest BCUT2D eigenvalue weighted by Crippen LogP contribution is -2.45. The Balaban J connectivity index is 1.58. The lowest BCUT2D eigenvalue weighted by Gasteiger charge is -2.31. The summed E-state index contributed by atoms with van der Waals surface area (Å²) in [6, 6.07) is 14.9. The van der Waals surface area contributed by atoms with E-state index in [0.29, 0.717) is 11.4 Å². The highest BCUT2D eigenvalue weighted by Gasteiger charge is 2.24. The smallest absolute Gasteiger partial charge is 0.127 e. The third-order valence-corrected chi connectivity index (χ3v) is 4.90. The molecule has 1 fully saturated rings. The van der Waals surface area contributed by atoms with E-state index in [1.54, 1.807) is 12.1 Å². The number of halogens is 1. The number of nitrogens with zero attached hydrogens (tertiary/aromatic N) is 1. The molecule has 0 spiro atoms. The third kappa shape index (κ3) is 5.19. The van der Waals surface area contributed by atoms with Crippen LogP contribution in [0.4, 0.5) is 0 Å². The molecule has 1 saturated heterocycles. The van der Waals surface area contributed by atoms with Gasteiger partial charge >= 0.3 is 0 Å². The summed E-state index contributed by atoms with van der Waals surface area (Å²) < 4.78 is 5.80. The second-order valence-electron chi connectivity index (χ2n) is 6.70. The van der Waals surface area contributed by atoms with Crippen molar-refractivity contribution in [3.8, 4) is 11.5 Å². The van der Waals surface area contributed by atoms with E-state index in [0.717, 1.165) is 49.8 Å². The molecule has 1 aliphatic heterocycles. The van der Waals surface area contributed by atoms with Gasteiger partial charge < -0.3 is 20.1 Å². The zero-order valence-electron chi connectivity index (χ0n) is 14.5. The number of ether oxygens (including phenoxy) is 1. The number of hydrogen-bond donors (Lipinski definition) is 2. The Morgan fingerprint density at radius 2 is 1.60 bits per heavy atom. The van der Waals surface area contributed by atoms with Crippen molar-refractivity contribution in [1.29, 1.82) is 0 Å². The molecule has 2 N–H and O–H groups in total. The molecular weight excluding hydrogens is 336 g/mol. The first-order chi connectivity index (χ1) is 12.0. The summed E-state index contributed by atoms with van der Waals surface area (Å²) in [5.74, 6) is 1.48. The van der Waals surface area contributed by atoms with Gasteiger partial charge in [-0.05, 0) is 55.3 Å². The third-order valence-electron chi connectivity index (χ3n) is 4.65. The van der Waals surface area contributed by atoms with E-state index in [2.05, 4.69) is 10.2 Å². The summed E-state index contributed by atoms with van der Waals surface area (Å²) >= 11 is 5.88. The number of nitrogens with one attached hydrogen (secondary N) is 1. The Morgan fingerprint density at radius 3 is 2.20 bits per heavy atom.